The Bertz CT molecular complexity index is 860. The zero-order chi connectivity index (χ0) is 19.5. The van der Waals surface area contributed by atoms with E-state index in [2.05, 4.69) is 4.90 Å². The van der Waals surface area contributed by atoms with E-state index in [0.29, 0.717) is 24.4 Å². The Morgan fingerprint density at radius 2 is 1.86 bits per heavy atom. The molecule has 2 aliphatic heterocycles. The van der Waals surface area contributed by atoms with Crippen LogP contribution in [0.15, 0.2) is 24.3 Å². The van der Waals surface area contributed by atoms with E-state index in [0.717, 1.165) is 42.4 Å². The molecule has 28 heavy (non-hydrogen) atoms. The van der Waals surface area contributed by atoms with Crippen molar-refractivity contribution in [2.24, 2.45) is 0 Å². The Kier molecular flexibility index (Phi) is 5.46. The second-order valence-corrected chi connectivity index (χ2v) is 7.63. The van der Waals surface area contributed by atoms with Gasteiger partial charge < -0.3 is 14.5 Å². The van der Waals surface area contributed by atoms with Gasteiger partial charge in [-0.15, -0.1) is 0 Å². The first-order chi connectivity index (χ1) is 13.7. The molecule has 1 saturated heterocycles. The number of carbonyl (C=O) groups is 1. The Morgan fingerprint density at radius 1 is 1.07 bits per heavy atom. The van der Waals surface area contributed by atoms with Crippen LogP contribution in [-0.4, -0.2) is 47.5 Å². The molecule has 0 spiro atoms. The minimum Gasteiger partial charge on any atom is -0.497 e. The standard InChI is InChI=1S/C22H28N4O2/c1-16-23-20-10-13-26(22(27)17-8-7-9-18(14-17)28-2)15-19(20)21(24-16)25-11-5-3-4-6-12-25/h7-9,14H,3-6,10-13,15H2,1-2H3. The van der Waals surface area contributed by atoms with Crippen molar-refractivity contribution < 1.29 is 9.53 Å². The molecule has 0 saturated carbocycles. The van der Waals surface area contributed by atoms with Gasteiger partial charge >= 0.3 is 0 Å². The van der Waals surface area contributed by atoms with Gasteiger partial charge in [0.05, 0.1) is 19.3 Å². The Labute approximate surface area is 166 Å². The van der Waals surface area contributed by atoms with Gasteiger partial charge in [0.2, 0.25) is 0 Å². The number of fused-ring (bicyclic) bond motifs is 1. The van der Waals surface area contributed by atoms with Crippen molar-refractivity contribution >= 4 is 11.7 Å². The molecule has 0 unspecified atom stereocenters. The van der Waals surface area contributed by atoms with Crippen LogP contribution in [-0.2, 0) is 13.0 Å². The number of amides is 1. The van der Waals surface area contributed by atoms with Crippen LogP contribution in [0.3, 0.4) is 0 Å². The predicted octanol–water partition coefficient (Wildman–Crippen LogP) is 3.37. The zero-order valence-corrected chi connectivity index (χ0v) is 16.8. The van der Waals surface area contributed by atoms with Crippen molar-refractivity contribution in [3.63, 3.8) is 0 Å². The number of rotatable bonds is 3. The number of anilines is 1. The molecule has 2 aliphatic rings. The number of ether oxygens (including phenoxy) is 1. The van der Waals surface area contributed by atoms with Gasteiger partial charge in [-0.1, -0.05) is 18.9 Å². The van der Waals surface area contributed by atoms with Crippen LogP contribution < -0.4 is 9.64 Å². The van der Waals surface area contributed by atoms with E-state index in [1.54, 1.807) is 13.2 Å². The number of nitrogens with zero attached hydrogens (tertiary/aromatic N) is 4. The second-order valence-electron chi connectivity index (χ2n) is 7.63. The third-order valence-corrected chi connectivity index (χ3v) is 5.66. The molecule has 3 heterocycles. The Morgan fingerprint density at radius 3 is 2.61 bits per heavy atom. The van der Waals surface area contributed by atoms with E-state index in [1.165, 1.54) is 25.7 Å². The van der Waals surface area contributed by atoms with Gasteiger partial charge in [0.25, 0.3) is 5.91 Å². The molecule has 0 aliphatic carbocycles. The van der Waals surface area contributed by atoms with Crippen LogP contribution in [0.1, 0.15) is 53.1 Å². The zero-order valence-electron chi connectivity index (χ0n) is 16.8. The van der Waals surface area contributed by atoms with Gasteiger partial charge in [-0.05, 0) is 38.0 Å². The number of methoxy groups -OCH3 is 1. The van der Waals surface area contributed by atoms with Crippen molar-refractivity contribution in [1.82, 2.24) is 14.9 Å². The summed E-state index contributed by atoms with van der Waals surface area (Å²) in [7, 11) is 1.62. The number of benzene rings is 1. The molecule has 6 heteroatoms. The van der Waals surface area contributed by atoms with Crippen LogP contribution in [0.4, 0.5) is 5.82 Å². The van der Waals surface area contributed by atoms with Crippen LogP contribution >= 0.6 is 0 Å². The SMILES string of the molecule is COc1cccc(C(=O)N2CCc3nc(C)nc(N4CCCCCC4)c3C2)c1. The molecule has 148 valence electrons. The fourth-order valence-electron chi connectivity index (χ4n) is 4.17. The number of aromatic nitrogens is 2. The largest absolute Gasteiger partial charge is 0.497 e. The predicted molar refractivity (Wildman–Crippen MR) is 109 cm³/mol. The van der Waals surface area contributed by atoms with Crippen molar-refractivity contribution in [1.29, 1.82) is 0 Å². The normalized spacial score (nSPS) is 17.1. The fourth-order valence-corrected chi connectivity index (χ4v) is 4.17. The summed E-state index contributed by atoms with van der Waals surface area (Å²) in [4.78, 5) is 26.9. The molecule has 1 aromatic heterocycles. The van der Waals surface area contributed by atoms with Gasteiger partial charge in [0.1, 0.15) is 17.4 Å². The van der Waals surface area contributed by atoms with Gasteiger partial charge in [0, 0.05) is 37.2 Å². The molecule has 0 radical (unpaired) electrons. The molecule has 1 fully saturated rings. The third-order valence-electron chi connectivity index (χ3n) is 5.66. The lowest BCUT2D eigenvalue weighted by atomic mass is 10.0. The van der Waals surface area contributed by atoms with Crippen LogP contribution in [0.25, 0.3) is 0 Å². The maximum atomic E-state index is 13.1. The first kappa shape index (κ1) is 18.7. The van der Waals surface area contributed by atoms with Crippen LogP contribution in [0.5, 0.6) is 5.75 Å². The Hall–Kier alpha value is -2.63. The summed E-state index contributed by atoms with van der Waals surface area (Å²) in [6.45, 7) is 5.28. The van der Waals surface area contributed by atoms with Crippen LogP contribution in [0, 0.1) is 6.92 Å². The van der Waals surface area contributed by atoms with Crippen molar-refractivity contribution in [2.45, 2.75) is 45.6 Å². The molecular weight excluding hydrogens is 352 g/mol. The smallest absolute Gasteiger partial charge is 0.254 e. The molecule has 4 rings (SSSR count). The first-order valence-electron chi connectivity index (χ1n) is 10.2. The molecular formula is C22H28N4O2. The number of carbonyl (C=O) groups excluding carboxylic acids is 1. The summed E-state index contributed by atoms with van der Waals surface area (Å²) in [5.41, 5.74) is 2.88. The van der Waals surface area contributed by atoms with Gasteiger partial charge in [-0.25, -0.2) is 9.97 Å². The van der Waals surface area contributed by atoms with E-state index in [-0.39, 0.29) is 5.91 Å². The van der Waals surface area contributed by atoms with E-state index < -0.39 is 0 Å². The summed E-state index contributed by atoms with van der Waals surface area (Å²) >= 11 is 0. The van der Waals surface area contributed by atoms with Crippen molar-refractivity contribution in [3.8, 4) is 5.75 Å². The highest BCUT2D eigenvalue weighted by Gasteiger charge is 2.28. The van der Waals surface area contributed by atoms with E-state index in [1.807, 2.05) is 30.0 Å². The molecule has 2 aromatic rings. The summed E-state index contributed by atoms with van der Waals surface area (Å²) < 4.78 is 5.27. The maximum absolute atomic E-state index is 13.1. The maximum Gasteiger partial charge on any atom is 0.254 e. The molecule has 6 nitrogen and oxygen atoms in total. The minimum atomic E-state index is 0.0342. The highest BCUT2D eigenvalue weighted by molar-refractivity contribution is 5.94. The number of hydrogen-bond acceptors (Lipinski definition) is 5. The summed E-state index contributed by atoms with van der Waals surface area (Å²) in [5, 5.41) is 0. The average molecular weight is 380 g/mol. The summed E-state index contributed by atoms with van der Waals surface area (Å²) in [6, 6.07) is 7.37. The van der Waals surface area contributed by atoms with E-state index >= 15 is 0 Å². The van der Waals surface area contributed by atoms with Gasteiger partial charge in [-0.2, -0.15) is 0 Å². The van der Waals surface area contributed by atoms with Gasteiger partial charge in [-0.3, -0.25) is 4.79 Å². The highest BCUT2D eigenvalue weighted by Crippen LogP contribution is 2.29. The molecule has 0 bridgehead atoms. The number of hydrogen-bond donors (Lipinski definition) is 0. The second kappa shape index (κ2) is 8.17. The first-order valence-corrected chi connectivity index (χ1v) is 10.2. The lowest BCUT2D eigenvalue weighted by Gasteiger charge is -2.32. The molecule has 0 N–H and O–H groups in total. The van der Waals surface area contributed by atoms with Crippen molar-refractivity contribution in [2.75, 3.05) is 31.6 Å². The quantitative estimate of drug-likeness (QED) is 0.817. The summed E-state index contributed by atoms with van der Waals surface area (Å²) in [5.74, 6) is 2.59. The molecule has 0 atom stereocenters. The topological polar surface area (TPSA) is 58.6 Å². The van der Waals surface area contributed by atoms with Crippen molar-refractivity contribution in [3.05, 3.63) is 46.9 Å². The Balaban J connectivity index is 1.62. The monoisotopic (exact) mass is 380 g/mol. The molecule has 1 amide bonds. The average Bonchev–Trinajstić information content (AvgIpc) is 3.02. The number of aryl methyl sites for hydroxylation is 1. The minimum absolute atomic E-state index is 0.0342. The highest BCUT2D eigenvalue weighted by atomic mass is 16.5. The van der Waals surface area contributed by atoms with Gasteiger partial charge in [0.15, 0.2) is 0 Å². The summed E-state index contributed by atoms with van der Waals surface area (Å²) in [6.07, 6.45) is 5.73. The third kappa shape index (κ3) is 3.81. The lowest BCUT2D eigenvalue weighted by molar-refractivity contribution is 0.0733. The lowest BCUT2D eigenvalue weighted by Crippen LogP contribution is -2.38. The molecule has 1 aromatic carbocycles. The van der Waals surface area contributed by atoms with Crippen LogP contribution in [0.2, 0.25) is 0 Å². The van der Waals surface area contributed by atoms with E-state index in [4.69, 9.17) is 14.7 Å². The fraction of sp³-hybridized carbons (Fsp3) is 0.500. The van der Waals surface area contributed by atoms with E-state index in [9.17, 15) is 4.79 Å².